The number of hydrogen-bond donors (Lipinski definition) is 0. The third-order valence-corrected chi connectivity index (χ3v) is 3.62. The summed E-state index contributed by atoms with van der Waals surface area (Å²) in [4.78, 5) is 0. The fraction of sp³-hybridized carbons (Fsp3) is 0.231. The highest BCUT2D eigenvalue weighted by atomic mass is 32.1. The van der Waals surface area contributed by atoms with Gasteiger partial charge in [0.2, 0.25) is 0 Å². The normalized spacial score (nSPS) is 10.7. The Morgan fingerprint density at radius 2 is 2.21 bits per heavy atom. The van der Waals surface area contributed by atoms with Crippen LogP contribution in [-0.4, -0.2) is 0 Å². The monoisotopic (exact) mass is 202 g/mol. The van der Waals surface area contributed by atoms with Gasteiger partial charge in [0.05, 0.1) is 0 Å². The van der Waals surface area contributed by atoms with Gasteiger partial charge in [-0.15, -0.1) is 11.3 Å². The maximum Gasteiger partial charge on any atom is 0.0354 e. The molecule has 0 aliphatic heterocycles. The van der Waals surface area contributed by atoms with Crippen LogP contribution in [0.3, 0.4) is 0 Å². The third-order valence-electron chi connectivity index (χ3n) is 2.58. The molecule has 0 aliphatic carbocycles. The van der Waals surface area contributed by atoms with Gasteiger partial charge in [-0.25, -0.2) is 0 Å². The summed E-state index contributed by atoms with van der Waals surface area (Å²) in [5, 5.41) is 3.60. The molecule has 0 nitrogen and oxygen atoms in total. The summed E-state index contributed by atoms with van der Waals surface area (Å²) in [6.45, 7) is 8.23. The summed E-state index contributed by atoms with van der Waals surface area (Å²) in [7, 11) is 0. The van der Waals surface area contributed by atoms with Crippen LogP contribution in [-0.2, 0) is 6.42 Å². The third kappa shape index (κ3) is 1.38. The van der Waals surface area contributed by atoms with E-state index < -0.39 is 0 Å². The molecular formula is C13H14S. The molecule has 0 spiro atoms. The van der Waals surface area contributed by atoms with Crippen LogP contribution in [0.2, 0.25) is 0 Å². The van der Waals surface area contributed by atoms with Crippen LogP contribution < -0.4 is 0 Å². The van der Waals surface area contributed by atoms with E-state index in [1.165, 1.54) is 26.8 Å². The van der Waals surface area contributed by atoms with Crippen LogP contribution >= 0.6 is 11.3 Å². The molecule has 1 aromatic carbocycles. The largest absolute Gasteiger partial charge is 0.144 e. The van der Waals surface area contributed by atoms with E-state index in [9.17, 15) is 0 Å². The molecular weight excluding hydrogens is 188 g/mol. The van der Waals surface area contributed by atoms with E-state index in [1.54, 1.807) is 0 Å². The highest BCUT2D eigenvalue weighted by Crippen LogP contribution is 2.30. The first-order valence-electron chi connectivity index (χ1n) is 4.89. The number of hydrogen-bond acceptors (Lipinski definition) is 1. The fourth-order valence-corrected chi connectivity index (χ4v) is 2.82. The van der Waals surface area contributed by atoms with Crippen LogP contribution in [0, 0.1) is 6.92 Å². The van der Waals surface area contributed by atoms with Crippen molar-refractivity contribution in [3.63, 3.8) is 0 Å². The average Bonchev–Trinajstić information content (AvgIpc) is 2.59. The maximum atomic E-state index is 3.88. The molecule has 0 radical (unpaired) electrons. The first-order valence-corrected chi connectivity index (χ1v) is 5.77. The molecule has 0 aliphatic rings. The van der Waals surface area contributed by atoms with Crippen LogP contribution in [0.25, 0.3) is 16.2 Å². The summed E-state index contributed by atoms with van der Waals surface area (Å²) in [5.41, 5.74) is 4.04. The molecule has 2 rings (SSSR count). The van der Waals surface area contributed by atoms with Crippen LogP contribution in [0.15, 0.2) is 24.1 Å². The SMILES string of the molecule is C=Cc1cc(CC)cc2scc(C)c12. The quantitative estimate of drug-likeness (QED) is 0.676. The van der Waals surface area contributed by atoms with Gasteiger partial charge in [-0.2, -0.15) is 0 Å². The second kappa shape index (κ2) is 3.58. The Hall–Kier alpha value is -1.08. The zero-order valence-electron chi connectivity index (χ0n) is 8.63. The van der Waals surface area contributed by atoms with E-state index in [1.807, 2.05) is 17.4 Å². The lowest BCUT2D eigenvalue weighted by Crippen LogP contribution is -1.83. The van der Waals surface area contributed by atoms with Gasteiger partial charge in [0.15, 0.2) is 0 Å². The van der Waals surface area contributed by atoms with Gasteiger partial charge in [0, 0.05) is 10.1 Å². The molecule has 0 saturated heterocycles. The minimum atomic E-state index is 1.09. The summed E-state index contributed by atoms with van der Waals surface area (Å²) in [6, 6.07) is 4.54. The Labute approximate surface area is 88.9 Å². The van der Waals surface area contributed by atoms with Crippen molar-refractivity contribution in [2.24, 2.45) is 0 Å². The molecule has 72 valence electrons. The Balaban J connectivity index is 2.82. The molecule has 0 atom stereocenters. The first kappa shape index (κ1) is 9.47. The maximum absolute atomic E-state index is 3.88. The van der Waals surface area contributed by atoms with Crippen LogP contribution in [0.4, 0.5) is 0 Å². The number of benzene rings is 1. The lowest BCUT2D eigenvalue weighted by Gasteiger charge is -2.02. The molecule has 0 fully saturated rings. The summed E-state index contributed by atoms with van der Waals surface area (Å²) >= 11 is 1.83. The Morgan fingerprint density at radius 3 is 2.86 bits per heavy atom. The van der Waals surface area contributed by atoms with E-state index in [2.05, 4.69) is 37.9 Å². The van der Waals surface area contributed by atoms with Crippen molar-refractivity contribution in [2.45, 2.75) is 20.3 Å². The van der Waals surface area contributed by atoms with Crippen LogP contribution in [0.1, 0.15) is 23.6 Å². The molecule has 1 heterocycles. The minimum Gasteiger partial charge on any atom is -0.144 e. The van der Waals surface area contributed by atoms with Gasteiger partial charge in [0.1, 0.15) is 0 Å². The van der Waals surface area contributed by atoms with Gasteiger partial charge in [-0.05, 0) is 41.5 Å². The molecule has 0 N–H and O–H groups in total. The predicted molar refractivity (Wildman–Crippen MR) is 66.0 cm³/mol. The van der Waals surface area contributed by atoms with E-state index in [0.29, 0.717) is 0 Å². The van der Waals surface area contributed by atoms with Gasteiger partial charge < -0.3 is 0 Å². The van der Waals surface area contributed by atoms with Crippen LogP contribution in [0.5, 0.6) is 0 Å². The van der Waals surface area contributed by atoms with E-state index in [4.69, 9.17) is 0 Å². The Kier molecular flexibility index (Phi) is 2.42. The molecule has 14 heavy (non-hydrogen) atoms. The zero-order chi connectivity index (χ0) is 10.1. The highest BCUT2D eigenvalue weighted by Gasteiger charge is 2.05. The predicted octanol–water partition coefficient (Wildman–Crippen LogP) is 4.42. The minimum absolute atomic E-state index is 1.09. The van der Waals surface area contributed by atoms with Crippen molar-refractivity contribution in [1.29, 1.82) is 0 Å². The van der Waals surface area contributed by atoms with Crippen molar-refractivity contribution in [3.8, 4) is 0 Å². The highest BCUT2D eigenvalue weighted by molar-refractivity contribution is 7.17. The summed E-state index contributed by atoms with van der Waals surface area (Å²) in [5.74, 6) is 0. The summed E-state index contributed by atoms with van der Waals surface area (Å²) < 4.78 is 1.39. The van der Waals surface area contributed by atoms with E-state index in [-0.39, 0.29) is 0 Å². The number of thiophene rings is 1. The lowest BCUT2D eigenvalue weighted by atomic mass is 10.0. The van der Waals surface area contributed by atoms with Gasteiger partial charge in [-0.3, -0.25) is 0 Å². The van der Waals surface area contributed by atoms with Crippen molar-refractivity contribution >= 4 is 27.5 Å². The molecule has 0 unspecified atom stereocenters. The zero-order valence-corrected chi connectivity index (χ0v) is 9.45. The average molecular weight is 202 g/mol. The van der Waals surface area contributed by atoms with Crippen molar-refractivity contribution < 1.29 is 0 Å². The Morgan fingerprint density at radius 1 is 1.43 bits per heavy atom. The first-order chi connectivity index (χ1) is 6.76. The molecule has 0 amide bonds. The Bertz CT molecular complexity index is 477. The topological polar surface area (TPSA) is 0 Å². The fourth-order valence-electron chi connectivity index (χ4n) is 1.79. The second-order valence-electron chi connectivity index (χ2n) is 3.53. The molecule has 1 aromatic heterocycles. The van der Waals surface area contributed by atoms with Gasteiger partial charge in [-0.1, -0.05) is 25.6 Å². The smallest absolute Gasteiger partial charge is 0.0354 e. The molecule has 0 saturated carbocycles. The van der Waals surface area contributed by atoms with E-state index in [0.717, 1.165) is 6.42 Å². The number of rotatable bonds is 2. The molecule has 1 heteroatoms. The number of fused-ring (bicyclic) bond motifs is 1. The molecule has 0 bridgehead atoms. The summed E-state index contributed by atoms with van der Waals surface area (Å²) in [6.07, 6.45) is 3.05. The van der Waals surface area contributed by atoms with E-state index >= 15 is 0 Å². The van der Waals surface area contributed by atoms with Gasteiger partial charge in [0.25, 0.3) is 0 Å². The van der Waals surface area contributed by atoms with Crippen molar-refractivity contribution in [2.75, 3.05) is 0 Å². The van der Waals surface area contributed by atoms with Crippen molar-refractivity contribution in [3.05, 3.63) is 40.8 Å². The standard InChI is InChI=1S/C13H14S/c1-4-10-6-11(5-2)13-9(3)8-14-12(13)7-10/h5-8H,2,4H2,1,3H3. The van der Waals surface area contributed by atoms with Crippen molar-refractivity contribution in [1.82, 2.24) is 0 Å². The lowest BCUT2D eigenvalue weighted by molar-refractivity contribution is 1.15. The number of aryl methyl sites for hydroxylation is 2. The second-order valence-corrected chi connectivity index (χ2v) is 4.45. The molecule has 2 aromatic rings. The van der Waals surface area contributed by atoms with Gasteiger partial charge >= 0.3 is 0 Å².